The van der Waals surface area contributed by atoms with Crippen LogP contribution in [0.15, 0.2) is 17.6 Å². The molecule has 2 heterocycles. The molecule has 4 heteroatoms. The standard InChI is InChI=1S/C11H15N3S/c1-7-3-4-15-10(7)9-6-13-11(14-9)8(2)5-12/h3-4,6,8H,5,12H2,1-2H3,(H,13,14). The van der Waals surface area contributed by atoms with E-state index in [1.54, 1.807) is 11.3 Å². The molecule has 0 fully saturated rings. The molecule has 0 amide bonds. The molecular weight excluding hydrogens is 206 g/mol. The molecule has 0 spiro atoms. The van der Waals surface area contributed by atoms with E-state index in [4.69, 9.17) is 5.73 Å². The minimum atomic E-state index is 0.291. The third-order valence-corrected chi connectivity index (χ3v) is 3.57. The molecule has 0 aliphatic rings. The lowest BCUT2D eigenvalue weighted by Gasteiger charge is -2.02. The second kappa shape index (κ2) is 4.16. The van der Waals surface area contributed by atoms with Crippen molar-refractivity contribution in [3.8, 4) is 10.6 Å². The molecule has 0 aliphatic carbocycles. The Morgan fingerprint density at radius 3 is 3.00 bits per heavy atom. The monoisotopic (exact) mass is 221 g/mol. The first-order chi connectivity index (χ1) is 7.22. The third kappa shape index (κ3) is 1.96. The number of hydrogen-bond donors (Lipinski definition) is 2. The van der Waals surface area contributed by atoms with Crippen LogP contribution in [0.5, 0.6) is 0 Å². The first kappa shape index (κ1) is 10.4. The molecule has 0 radical (unpaired) electrons. The van der Waals surface area contributed by atoms with Crippen molar-refractivity contribution in [3.63, 3.8) is 0 Å². The van der Waals surface area contributed by atoms with Crippen molar-refractivity contribution >= 4 is 11.3 Å². The number of rotatable bonds is 3. The maximum absolute atomic E-state index is 5.60. The number of nitrogens with two attached hydrogens (primary N) is 1. The van der Waals surface area contributed by atoms with Gasteiger partial charge in [-0.3, -0.25) is 0 Å². The summed E-state index contributed by atoms with van der Waals surface area (Å²) >= 11 is 1.73. The first-order valence-corrected chi connectivity index (χ1v) is 5.89. The van der Waals surface area contributed by atoms with Crippen LogP contribution in [0.1, 0.15) is 24.2 Å². The van der Waals surface area contributed by atoms with E-state index in [0.29, 0.717) is 12.5 Å². The Morgan fingerprint density at radius 2 is 2.40 bits per heavy atom. The van der Waals surface area contributed by atoms with Gasteiger partial charge in [0.1, 0.15) is 5.82 Å². The average molecular weight is 221 g/mol. The van der Waals surface area contributed by atoms with Gasteiger partial charge in [0.25, 0.3) is 0 Å². The molecule has 0 saturated heterocycles. The summed E-state index contributed by atoms with van der Waals surface area (Å²) in [5.74, 6) is 1.26. The van der Waals surface area contributed by atoms with Crippen LogP contribution in [0.3, 0.4) is 0 Å². The highest BCUT2D eigenvalue weighted by molar-refractivity contribution is 7.13. The van der Waals surface area contributed by atoms with E-state index in [1.165, 1.54) is 10.4 Å². The van der Waals surface area contributed by atoms with Crippen LogP contribution in [0, 0.1) is 6.92 Å². The van der Waals surface area contributed by atoms with Crippen LogP contribution in [-0.2, 0) is 0 Å². The second-order valence-electron chi connectivity index (χ2n) is 3.75. The Bertz CT molecular complexity index is 444. The van der Waals surface area contributed by atoms with Gasteiger partial charge in [-0.05, 0) is 23.9 Å². The van der Waals surface area contributed by atoms with Gasteiger partial charge >= 0.3 is 0 Å². The van der Waals surface area contributed by atoms with Crippen molar-refractivity contribution in [2.24, 2.45) is 5.73 Å². The summed E-state index contributed by atoms with van der Waals surface area (Å²) in [5, 5.41) is 2.09. The predicted octanol–water partition coefficient (Wildman–Crippen LogP) is 2.51. The van der Waals surface area contributed by atoms with E-state index in [2.05, 4.69) is 35.3 Å². The van der Waals surface area contributed by atoms with Crippen LogP contribution in [0.4, 0.5) is 0 Å². The van der Waals surface area contributed by atoms with Gasteiger partial charge in [-0.2, -0.15) is 0 Å². The van der Waals surface area contributed by atoms with E-state index >= 15 is 0 Å². The molecule has 2 aromatic rings. The van der Waals surface area contributed by atoms with Crippen LogP contribution in [-0.4, -0.2) is 16.5 Å². The van der Waals surface area contributed by atoms with E-state index in [9.17, 15) is 0 Å². The maximum atomic E-state index is 5.60. The molecular formula is C11H15N3S. The molecule has 1 atom stereocenters. The summed E-state index contributed by atoms with van der Waals surface area (Å²) in [7, 11) is 0. The van der Waals surface area contributed by atoms with Crippen molar-refractivity contribution in [2.75, 3.05) is 6.54 Å². The summed E-state index contributed by atoms with van der Waals surface area (Å²) in [6.07, 6.45) is 1.89. The van der Waals surface area contributed by atoms with Gasteiger partial charge in [-0.15, -0.1) is 11.3 Å². The van der Waals surface area contributed by atoms with Gasteiger partial charge in [0.15, 0.2) is 0 Å². The van der Waals surface area contributed by atoms with Crippen molar-refractivity contribution < 1.29 is 0 Å². The third-order valence-electron chi connectivity index (χ3n) is 2.52. The van der Waals surface area contributed by atoms with E-state index in [0.717, 1.165) is 11.5 Å². The Balaban J connectivity index is 2.32. The highest BCUT2D eigenvalue weighted by Crippen LogP contribution is 2.28. The number of aryl methyl sites for hydroxylation is 1. The van der Waals surface area contributed by atoms with Crippen molar-refractivity contribution in [1.82, 2.24) is 9.97 Å². The number of nitrogens with one attached hydrogen (secondary N) is 1. The molecule has 0 saturated carbocycles. The summed E-state index contributed by atoms with van der Waals surface area (Å²) in [6, 6.07) is 2.12. The number of thiophene rings is 1. The molecule has 1 unspecified atom stereocenters. The number of nitrogens with zero attached hydrogens (tertiary/aromatic N) is 1. The molecule has 0 aliphatic heterocycles. The fourth-order valence-corrected chi connectivity index (χ4v) is 2.36. The van der Waals surface area contributed by atoms with Crippen LogP contribution in [0.2, 0.25) is 0 Å². The van der Waals surface area contributed by atoms with Crippen LogP contribution in [0.25, 0.3) is 10.6 Å². The molecule has 2 aromatic heterocycles. The van der Waals surface area contributed by atoms with Crippen molar-refractivity contribution in [1.29, 1.82) is 0 Å². The van der Waals surface area contributed by atoms with Crippen LogP contribution >= 0.6 is 11.3 Å². The Labute approximate surface area is 93.4 Å². The topological polar surface area (TPSA) is 54.7 Å². The van der Waals surface area contributed by atoms with Gasteiger partial charge in [0.2, 0.25) is 0 Å². The highest BCUT2D eigenvalue weighted by atomic mass is 32.1. The minimum Gasteiger partial charge on any atom is -0.341 e. The summed E-state index contributed by atoms with van der Waals surface area (Å²) in [6.45, 7) is 4.80. The molecule has 0 bridgehead atoms. The smallest absolute Gasteiger partial charge is 0.110 e. The summed E-state index contributed by atoms with van der Waals surface area (Å²) in [4.78, 5) is 8.94. The second-order valence-corrected chi connectivity index (χ2v) is 4.67. The molecule has 2 rings (SSSR count). The fraction of sp³-hybridized carbons (Fsp3) is 0.364. The number of imidazole rings is 1. The normalized spacial score (nSPS) is 13.0. The lowest BCUT2D eigenvalue weighted by Crippen LogP contribution is -2.10. The van der Waals surface area contributed by atoms with Gasteiger partial charge in [0.05, 0.1) is 16.8 Å². The number of H-pyrrole nitrogens is 1. The number of hydrogen-bond acceptors (Lipinski definition) is 3. The van der Waals surface area contributed by atoms with Gasteiger partial charge in [0, 0.05) is 12.5 Å². The van der Waals surface area contributed by atoms with E-state index in [1.807, 2.05) is 6.20 Å². The lowest BCUT2D eigenvalue weighted by atomic mass is 10.2. The molecule has 15 heavy (non-hydrogen) atoms. The highest BCUT2D eigenvalue weighted by Gasteiger charge is 2.10. The largest absolute Gasteiger partial charge is 0.341 e. The predicted molar refractivity (Wildman–Crippen MR) is 64.1 cm³/mol. The number of aromatic amines is 1. The molecule has 3 N–H and O–H groups in total. The maximum Gasteiger partial charge on any atom is 0.110 e. The van der Waals surface area contributed by atoms with Gasteiger partial charge in [-0.25, -0.2) is 4.98 Å². The zero-order valence-corrected chi connectivity index (χ0v) is 9.77. The molecule has 3 nitrogen and oxygen atoms in total. The molecule has 0 aromatic carbocycles. The Kier molecular flexibility index (Phi) is 2.88. The molecule has 80 valence electrons. The fourth-order valence-electron chi connectivity index (χ4n) is 1.46. The van der Waals surface area contributed by atoms with Crippen LogP contribution < -0.4 is 5.73 Å². The summed E-state index contributed by atoms with van der Waals surface area (Å²) < 4.78 is 0. The average Bonchev–Trinajstić information content (AvgIpc) is 2.84. The minimum absolute atomic E-state index is 0.291. The van der Waals surface area contributed by atoms with E-state index < -0.39 is 0 Å². The quantitative estimate of drug-likeness (QED) is 0.836. The lowest BCUT2D eigenvalue weighted by molar-refractivity contribution is 0.725. The summed E-state index contributed by atoms with van der Waals surface area (Å²) in [5.41, 5.74) is 7.99. The van der Waals surface area contributed by atoms with Crippen molar-refractivity contribution in [3.05, 3.63) is 29.0 Å². The first-order valence-electron chi connectivity index (χ1n) is 5.01. The van der Waals surface area contributed by atoms with E-state index in [-0.39, 0.29) is 0 Å². The van der Waals surface area contributed by atoms with Gasteiger partial charge < -0.3 is 10.7 Å². The zero-order valence-electron chi connectivity index (χ0n) is 8.95. The van der Waals surface area contributed by atoms with Crippen molar-refractivity contribution in [2.45, 2.75) is 19.8 Å². The zero-order chi connectivity index (χ0) is 10.8. The Morgan fingerprint density at radius 1 is 1.60 bits per heavy atom. The number of aromatic nitrogens is 2. The van der Waals surface area contributed by atoms with Gasteiger partial charge in [-0.1, -0.05) is 6.92 Å². The Hall–Kier alpha value is -1.13. The SMILES string of the molecule is Cc1ccsc1-c1cnc(C(C)CN)[nH]1.